The first-order valence-electron chi connectivity index (χ1n) is 4.41. The molecule has 0 fully saturated rings. The molecule has 0 saturated heterocycles. The number of thiophene rings is 1. The Morgan fingerprint density at radius 2 is 2.25 bits per heavy atom. The molecule has 0 aliphatic heterocycles. The molecule has 0 unspecified atom stereocenters. The largest absolute Gasteiger partial charge is 0.352 e. The minimum atomic E-state index is -3.44. The van der Waals surface area contributed by atoms with E-state index in [0.29, 0.717) is 18.5 Å². The quantitative estimate of drug-likeness (QED) is 0.788. The maximum Gasteiger partial charge on any atom is 0.252 e. The molecular weight excluding hydrogens is 316 g/mol. The zero-order chi connectivity index (χ0) is 12.2. The number of nitrogens with one attached hydrogen (secondary N) is 1. The topological polar surface area (TPSA) is 89.3 Å². The summed E-state index contributed by atoms with van der Waals surface area (Å²) in [5, 5.41) is 9.15. The number of hydrogen-bond acceptors (Lipinski definition) is 4. The summed E-state index contributed by atoms with van der Waals surface area (Å²) in [7, 11) is -3.44. The van der Waals surface area contributed by atoms with E-state index in [0.717, 1.165) is 3.79 Å². The van der Waals surface area contributed by atoms with Gasteiger partial charge in [-0.05, 0) is 28.4 Å². The van der Waals surface area contributed by atoms with Crippen molar-refractivity contribution in [2.75, 3.05) is 12.3 Å². The monoisotopic (exact) mass is 326 g/mol. The Labute approximate surface area is 106 Å². The Kier molecular flexibility index (Phi) is 4.90. The molecule has 1 amide bonds. The summed E-state index contributed by atoms with van der Waals surface area (Å²) in [5.41, 5.74) is 0.562. The summed E-state index contributed by atoms with van der Waals surface area (Å²) in [6.07, 6.45) is 0.315. The Morgan fingerprint density at radius 1 is 1.56 bits per heavy atom. The molecule has 3 N–H and O–H groups in total. The molecule has 1 rings (SSSR count). The van der Waals surface area contributed by atoms with Gasteiger partial charge in [-0.2, -0.15) is 0 Å². The summed E-state index contributed by atoms with van der Waals surface area (Å²) < 4.78 is 22.1. The molecular formula is C8H11BrN2O3S2. The van der Waals surface area contributed by atoms with Crippen LogP contribution in [0.5, 0.6) is 0 Å². The molecule has 5 nitrogen and oxygen atoms in total. The van der Waals surface area contributed by atoms with Gasteiger partial charge in [0.05, 0.1) is 15.1 Å². The van der Waals surface area contributed by atoms with Gasteiger partial charge in [-0.1, -0.05) is 0 Å². The van der Waals surface area contributed by atoms with Gasteiger partial charge >= 0.3 is 0 Å². The van der Waals surface area contributed by atoms with E-state index in [1.54, 1.807) is 11.4 Å². The molecule has 90 valence electrons. The molecule has 0 atom stereocenters. The number of rotatable bonds is 5. The lowest BCUT2D eigenvalue weighted by Gasteiger charge is -2.02. The second kappa shape index (κ2) is 5.76. The Balaban J connectivity index is 2.31. The van der Waals surface area contributed by atoms with Gasteiger partial charge in [0.1, 0.15) is 0 Å². The molecule has 0 spiro atoms. The van der Waals surface area contributed by atoms with Crippen molar-refractivity contribution in [2.45, 2.75) is 6.42 Å². The van der Waals surface area contributed by atoms with E-state index in [-0.39, 0.29) is 11.7 Å². The van der Waals surface area contributed by atoms with Crippen LogP contribution in [0.4, 0.5) is 0 Å². The first-order valence-corrected chi connectivity index (χ1v) is 7.80. The van der Waals surface area contributed by atoms with Crippen LogP contribution in [0.1, 0.15) is 16.8 Å². The second-order valence-electron chi connectivity index (χ2n) is 3.12. The molecule has 0 saturated carbocycles. The van der Waals surface area contributed by atoms with Crippen LogP contribution in [0.3, 0.4) is 0 Å². The first kappa shape index (κ1) is 13.6. The van der Waals surface area contributed by atoms with Crippen molar-refractivity contribution in [3.05, 3.63) is 20.8 Å². The molecule has 0 aromatic carbocycles. The molecule has 1 aromatic rings. The highest BCUT2D eigenvalue weighted by Crippen LogP contribution is 2.20. The SMILES string of the molecule is NS(=O)(=O)CCCNC(=O)c1csc(Br)c1. The third kappa shape index (κ3) is 5.06. The predicted molar refractivity (Wildman–Crippen MR) is 66.9 cm³/mol. The predicted octanol–water partition coefficient (Wildman–Crippen LogP) is 0.919. The van der Waals surface area contributed by atoms with E-state index in [1.165, 1.54) is 11.3 Å². The van der Waals surface area contributed by atoms with Gasteiger partial charge in [0, 0.05) is 11.9 Å². The number of primary sulfonamides is 1. The van der Waals surface area contributed by atoms with Crippen molar-refractivity contribution in [2.24, 2.45) is 5.14 Å². The van der Waals surface area contributed by atoms with Gasteiger partial charge in [0.2, 0.25) is 10.0 Å². The first-order chi connectivity index (χ1) is 7.38. The Morgan fingerprint density at radius 3 is 2.75 bits per heavy atom. The second-order valence-corrected chi connectivity index (χ2v) is 7.14. The zero-order valence-corrected chi connectivity index (χ0v) is 11.5. The van der Waals surface area contributed by atoms with Crippen molar-refractivity contribution in [3.8, 4) is 0 Å². The van der Waals surface area contributed by atoms with Crippen LogP contribution in [0.2, 0.25) is 0 Å². The molecule has 0 bridgehead atoms. The van der Waals surface area contributed by atoms with Gasteiger partial charge < -0.3 is 5.32 Å². The number of hydrogen-bond donors (Lipinski definition) is 2. The highest BCUT2D eigenvalue weighted by molar-refractivity contribution is 9.11. The number of nitrogens with two attached hydrogens (primary N) is 1. The van der Waals surface area contributed by atoms with Crippen molar-refractivity contribution in [1.82, 2.24) is 5.32 Å². The van der Waals surface area contributed by atoms with Crippen LogP contribution in [-0.4, -0.2) is 26.6 Å². The minimum absolute atomic E-state index is 0.124. The summed E-state index contributed by atoms with van der Waals surface area (Å²) >= 11 is 4.67. The van der Waals surface area contributed by atoms with Crippen LogP contribution in [-0.2, 0) is 10.0 Å². The third-order valence-corrected chi connectivity index (χ3v) is 4.08. The minimum Gasteiger partial charge on any atom is -0.352 e. The fraction of sp³-hybridized carbons (Fsp3) is 0.375. The van der Waals surface area contributed by atoms with Gasteiger partial charge in [-0.3, -0.25) is 4.79 Å². The zero-order valence-electron chi connectivity index (χ0n) is 8.27. The van der Waals surface area contributed by atoms with Crippen LogP contribution in [0, 0.1) is 0 Å². The Bertz CT molecular complexity index is 469. The highest BCUT2D eigenvalue weighted by Gasteiger charge is 2.08. The summed E-state index contributed by atoms with van der Waals surface area (Å²) in [5.74, 6) is -0.336. The van der Waals surface area contributed by atoms with Crippen LogP contribution < -0.4 is 10.5 Å². The van der Waals surface area contributed by atoms with E-state index in [2.05, 4.69) is 21.2 Å². The van der Waals surface area contributed by atoms with Crippen molar-refractivity contribution in [3.63, 3.8) is 0 Å². The van der Waals surface area contributed by atoms with E-state index in [1.807, 2.05) is 0 Å². The fourth-order valence-electron chi connectivity index (χ4n) is 1.01. The lowest BCUT2D eigenvalue weighted by molar-refractivity contribution is 0.0954. The van der Waals surface area contributed by atoms with Gasteiger partial charge in [0.15, 0.2) is 0 Å². The summed E-state index contributed by atoms with van der Waals surface area (Å²) in [4.78, 5) is 11.5. The fourth-order valence-corrected chi connectivity index (χ4v) is 2.69. The van der Waals surface area contributed by atoms with Gasteiger partial charge in [-0.15, -0.1) is 11.3 Å². The molecule has 1 heterocycles. The third-order valence-electron chi connectivity index (χ3n) is 1.72. The van der Waals surface area contributed by atoms with E-state index in [4.69, 9.17) is 5.14 Å². The van der Waals surface area contributed by atoms with E-state index >= 15 is 0 Å². The van der Waals surface area contributed by atoms with Crippen molar-refractivity contribution in [1.29, 1.82) is 0 Å². The molecule has 8 heteroatoms. The maximum absolute atomic E-state index is 11.5. The average molecular weight is 327 g/mol. The van der Waals surface area contributed by atoms with Crippen LogP contribution in [0.25, 0.3) is 0 Å². The van der Waals surface area contributed by atoms with Gasteiger partial charge in [0.25, 0.3) is 5.91 Å². The summed E-state index contributed by atoms with van der Waals surface area (Å²) in [6.45, 7) is 0.294. The average Bonchev–Trinajstić information content (AvgIpc) is 2.57. The van der Waals surface area contributed by atoms with E-state index in [9.17, 15) is 13.2 Å². The lowest BCUT2D eigenvalue weighted by atomic mass is 10.3. The van der Waals surface area contributed by atoms with Crippen LogP contribution in [0.15, 0.2) is 15.2 Å². The van der Waals surface area contributed by atoms with Crippen molar-refractivity contribution >= 4 is 43.2 Å². The lowest BCUT2D eigenvalue weighted by Crippen LogP contribution is -2.26. The molecule has 0 aliphatic rings. The summed E-state index contributed by atoms with van der Waals surface area (Å²) in [6, 6.07) is 1.71. The standard InChI is InChI=1S/C8H11BrN2O3S2/c9-7-4-6(5-15-7)8(12)11-2-1-3-16(10,13)14/h4-5H,1-3H2,(H,11,12)(H2,10,13,14). The molecule has 0 radical (unpaired) electrons. The normalized spacial score (nSPS) is 11.4. The highest BCUT2D eigenvalue weighted by atomic mass is 79.9. The molecule has 16 heavy (non-hydrogen) atoms. The molecule has 1 aromatic heterocycles. The van der Waals surface area contributed by atoms with Gasteiger partial charge in [-0.25, -0.2) is 13.6 Å². The number of amides is 1. The Hall–Kier alpha value is -0.440. The van der Waals surface area contributed by atoms with Crippen molar-refractivity contribution < 1.29 is 13.2 Å². The number of carbonyl (C=O) groups is 1. The smallest absolute Gasteiger partial charge is 0.252 e. The number of halogens is 1. The maximum atomic E-state index is 11.5. The van der Waals surface area contributed by atoms with Crippen LogP contribution >= 0.6 is 27.3 Å². The van der Waals surface area contributed by atoms with E-state index < -0.39 is 10.0 Å². The molecule has 0 aliphatic carbocycles. The number of sulfonamides is 1. The number of carbonyl (C=O) groups excluding carboxylic acids is 1.